The van der Waals surface area contributed by atoms with Crippen LogP contribution in [0.2, 0.25) is 5.02 Å². The van der Waals surface area contributed by atoms with Gasteiger partial charge in [0, 0.05) is 13.1 Å². The predicted octanol–water partition coefficient (Wildman–Crippen LogP) is 3.47. The second kappa shape index (κ2) is 8.20. The third kappa shape index (κ3) is 4.63. The summed E-state index contributed by atoms with van der Waals surface area (Å²) in [5, 5.41) is 5.16. The first-order valence-electron chi connectivity index (χ1n) is 8.49. The summed E-state index contributed by atoms with van der Waals surface area (Å²) in [5.41, 5.74) is -0.428. The van der Waals surface area contributed by atoms with Crippen LogP contribution >= 0.6 is 11.6 Å². The zero-order valence-corrected chi connectivity index (χ0v) is 15.3. The van der Waals surface area contributed by atoms with Crippen molar-refractivity contribution in [1.29, 1.82) is 0 Å². The van der Waals surface area contributed by atoms with E-state index in [0.29, 0.717) is 18.7 Å². The van der Waals surface area contributed by atoms with Crippen LogP contribution in [-0.2, 0) is 15.8 Å². The molecule has 2 aromatic carbocycles. The number of alkyl halides is 3. The molecule has 28 heavy (non-hydrogen) atoms. The second-order valence-corrected chi connectivity index (χ2v) is 6.72. The number of amides is 2. The molecule has 9 heteroatoms. The minimum Gasteiger partial charge on any atom is -0.354 e. The Hall–Kier alpha value is -2.58. The van der Waals surface area contributed by atoms with Gasteiger partial charge in [0.2, 0.25) is 11.8 Å². The summed E-state index contributed by atoms with van der Waals surface area (Å²) in [7, 11) is 0. The molecular formula is C19H17ClF3N3O2. The molecule has 0 aromatic heterocycles. The normalized spacial score (nSPS) is 16.4. The summed E-state index contributed by atoms with van der Waals surface area (Å²) >= 11 is 5.99. The number of hydrogen-bond acceptors (Lipinski definition) is 3. The van der Waals surface area contributed by atoms with Gasteiger partial charge in [0.15, 0.2) is 0 Å². The standard InChI is InChI=1S/C19H17ClF3N3O2/c20-14-7-6-13(19(21,22)23)10-15(14)25-18(28)17(12-4-2-1-3-5-12)26-9-8-24-16(27)11-26/h1-7,10,17H,8-9,11H2,(H,24,27)(H,25,28)/t17-/m1/s1. The Kier molecular flexibility index (Phi) is 5.90. The number of anilines is 1. The lowest BCUT2D eigenvalue weighted by molar-refractivity contribution is -0.137. The highest BCUT2D eigenvalue weighted by Gasteiger charge is 2.33. The predicted molar refractivity (Wildman–Crippen MR) is 98.8 cm³/mol. The van der Waals surface area contributed by atoms with Crippen LogP contribution in [0.4, 0.5) is 18.9 Å². The molecule has 1 heterocycles. The lowest BCUT2D eigenvalue weighted by atomic mass is 10.0. The summed E-state index contributed by atoms with van der Waals surface area (Å²) in [5.74, 6) is -0.792. The summed E-state index contributed by atoms with van der Waals surface area (Å²) in [6.45, 7) is 0.804. The fourth-order valence-corrected chi connectivity index (χ4v) is 3.21. The molecule has 0 unspecified atom stereocenters. The van der Waals surface area contributed by atoms with Crippen molar-refractivity contribution >= 4 is 29.1 Å². The SMILES string of the molecule is O=C1CN([C@@H](C(=O)Nc2cc(C(F)(F)F)ccc2Cl)c2ccccc2)CCN1. The van der Waals surface area contributed by atoms with Gasteiger partial charge in [-0.25, -0.2) is 0 Å². The van der Waals surface area contributed by atoms with E-state index in [1.165, 1.54) is 0 Å². The molecule has 148 valence electrons. The van der Waals surface area contributed by atoms with Crippen LogP contribution < -0.4 is 10.6 Å². The molecule has 0 spiro atoms. The Bertz CT molecular complexity index is 874. The molecule has 2 aromatic rings. The van der Waals surface area contributed by atoms with Crippen molar-refractivity contribution in [3.05, 3.63) is 64.7 Å². The molecule has 1 aliphatic heterocycles. The van der Waals surface area contributed by atoms with Gasteiger partial charge in [0.05, 0.1) is 22.8 Å². The topological polar surface area (TPSA) is 61.4 Å². The largest absolute Gasteiger partial charge is 0.416 e. The smallest absolute Gasteiger partial charge is 0.354 e. The summed E-state index contributed by atoms with van der Waals surface area (Å²) in [6, 6.07) is 10.6. The van der Waals surface area contributed by atoms with E-state index in [2.05, 4.69) is 10.6 Å². The van der Waals surface area contributed by atoms with Crippen LogP contribution in [0, 0.1) is 0 Å². The molecule has 1 saturated heterocycles. The quantitative estimate of drug-likeness (QED) is 0.810. The minimum absolute atomic E-state index is 0.00328. The third-order valence-corrected chi connectivity index (χ3v) is 4.68. The first kappa shape index (κ1) is 20.2. The second-order valence-electron chi connectivity index (χ2n) is 6.32. The molecule has 5 nitrogen and oxygen atoms in total. The van der Waals surface area contributed by atoms with Crippen LogP contribution in [-0.4, -0.2) is 36.3 Å². The van der Waals surface area contributed by atoms with E-state index < -0.39 is 23.7 Å². The molecule has 0 saturated carbocycles. The summed E-state index contributed by atoms with van der Waals surface area (Å²) in [6.07, 6.45) is -4.56. The van der Waals surface area contributed by atoms with E-state index in [0.717, 1.165) is 18.2 Å². The Morgan fingerprint density at radius 3 is 2.54 bits per heavy atom. The Balaban J connectivity index is 1.91. The van der Waals surface area contributed by atoms with E-state index >= 15 is 0 Å². The average Bonchev–Trinajstić information content (AvgIpc) is 2.64. The maximum absolute atomic E-state index is 13.0. The lowest BCUT2D eigenvalue weighted by Crippen LogP contribution is -2.51. The van der Waals surface area contributed by atoms with Crippen molar-refractivity contribution in [1.82, 2.24) is 10.2 Å². The van der Waals surface area contributed by atoms with Crippen LogP contribution in [0.3, 0.4) is 0 Å². The van der Waals surface area contributed by atoms with Gasteiger partial charge in [-0.2, -0.15) is 13.2 Å². The minimum atomic E-state index is -4.56. The van der Waals surface area contributed by atoms with E-state index in [1.807, 2.05) is 0 Å². The van der Waals surface area contributed by atoms with Crippen LogP contribution in [0.5, 0.6) is 0 Å². The first-order chi connectivity index (χ1) is 13.3. The van der Waals surface area contributed by atoms with E-state index in [-0.39, 0.29) is 23.2 Å². The number of benzene rings is 2. The highest BCUT2D eigenvalue weighted by molar-refractivity contribution is 6.33. The number of piperazine rings is 1. The highest BCUT2D eigenvalue weighted by Crippen LogP contribution is 2.34. The molecule has 0 aliphatic carbocycles. The van der Waals surface area contributed by atoms with Gasteiger partial charge in [-0.3, -0.25) is 14.5 Å². The Morgan fingerprint density at radius 2 is 1.89 bits per heavy atom. The Morgan fingerprint density at radius 1 is 1.18 bits per heavy atom. The number of halogens is 4. The van der Waals surface area contributed by atoms with E-state index in [1.54, 1.807) is 35.2 Å². The van der Waals surface area contributed by atoms with Gasteiger partial charge in [-0.15, -0.1) is 0 Å². The van der Waals surface area contributed by atoms with Crippen molar-refractivity contribution < 1.29 is 22.8 Å². The van der Waals surface area contributed by atoms with Gasteiger partial charge >= 0.3 is 6.18 Å². The van der Waals surface area contributed by atoms with Crippen molar-refractivity contribution in [3.8, 4) is 0 Å². The van der Waals surface area contributed by atoms with Crippen molar-refractivity contribution in [2.45, 2.75) is 12.2 Å². The van der Waals surface area contributed by atoms with Crippen LogP contribution in [0.1, 0.15) is 17.2 Å². The van der Waals surface area contributed by atoms with E-state index in [4.69, 9.17) is 11.6 Å². The first-order valence-corrected chi connectivity index (χ1v) is 8.87. The molecule has 1 fully saturated rings. The Labute approximate surface area is 164 Å². The lowest BCUT2D eigenvalue weighted by Gasteiger charge is -2.33. The fraction of sp³-hybridized carbons (Fsp3) is 0.263. The van der Waals surface area contributed by atoms with Gasteiger partial charge in [-0.05, 0) is 23.8 Å². The fourth-order valence-electron chi connectivity index (χ4n) is 3.04. The maximum atomic E-state index is 13.0. The number of carbonyl (C=O) groups excluding carboxylic acids is 2. The van der Waals surface area contributed by atoms with E-state index in [9.17, 15) is 22.8 Å². The van der Waals surface area contributed by atoms with Gasteiger partial charge < -0.3 is 10.6 Å². The third-order valence-electron chi connectivity index (χ3n) is 4.35. The van der Waals surface area contributed by atoms with Crippen molar-refractivity contribution in [2.75, 3.05) is 25.0 Å². The molecule has 2 N–H and O–H groups in total. The average molecular weight is 412 g/mol. The van der Waals surface area contributed by atoms with Crippen LogP contribution in [0.15, 0.2) is 48.5 Å². The highest BCUT2D eigenvalue weighted by atomic mass is 35.5. The number of rotatable bonds is 4. The molecular weight excluding hydrogens is 395 g/mol. The number of nitrogens with one attached hydrogen (secondary N) is 2. The number of nitrogens with zero attached hydrogens (tertiary/aromatic N) is 1. The molecule has 0 radical (unpaired) electrons. The monoisotopic (exact) mass is 411 g/mol. The zero-order chi connectivity index (χ0) is 20.3. The van der Waals surface area contributed by atoms with Gasteiger partial charge in [-0.1, -0.05) is 41.9 Å². The number of carbonyl (C=O) groups is 2. The van der Waals surface area contributed by atoms with Crippen molar-refractivity contribution in [3.63, 3.8) is 0 Å². The summed E-state index contributed by atoms with van der Waals surface area (Å²) < 4.78 is 39.0. The van der Waals surface area contributed by atoms with Gasteiger partial charge in [0.25, 0.3) is 0 Å². The number of hydrogen-bond donors (Lipinski definition) is 2. The zero-order valence-electron chi connectivity index (χ0n) is 14.6. The molecule has 0 bridgehead atoms. The maximum Gasteiger partial charge on any atom is 0.416 e. The van der Waals surface area contributed by atoms with Crippen molar-refractivity contribution in [2.24, 2.45) is 0 Å². The van der Waals surface area contributed by atoms with Gasteiger partial charge in [0.1, 0.15) is 6.04 Å². The molecule has 3 rings (SSSR count). The van der Waals surface area contributed by atoms with Crippen LogP contribution in [0.25, 0.3) is 0 Å². The molecule has 2 amide bonds. The molecule has 1 atom stereocenters. The summed E-state index contributed by atoms with van der Waals surface area (Å²) in [4.78, 5) is 26.4. The molecule has 1 aliphatic rings.